The van der Waals surface area contributed by atoms with Crippen LogP contribution in [0.3, 0.4) is 0 Å². The van der Waals surface area contributed by atoms with Crippen molar-refractivity contribution >= 4 is 0 Å². The molecule has 1 aliphatic heterocycles. The zero-order chi connectivity index (χ0) is 12.5. The molecular weight excluding hydrogens is 210 g/mol. The molecule has 0 saturated carbocycles. The number of hydrogen-bond donors (Lipinski definition) is 1. The van der Waals surface area contributed by atoms with Crippen molar-refractivity contribution in [3.8, 4) is 0 Å². The van der Waals surface area contributed by atoms with Gasteiger partial charge in [0.1, 0.15) is 0 Å². The number of hydrogen-bond acceptors (Lipinski definition) is 2. The lowest BCUT2D eigenvalue weighted by molar-refractivity contribution is -0.0600. The number of rotatable bonds is 4. The molecule has 0 radical (unpaired) electrons. The van der Waals surface area contributed by atoms with Crippen LogP contribution in [0.15, 0.2) is 18.2 Å². The SMILES string of the molecule is Cc1ccc(C)c(C2(CNC(C)C)COC2)c1. The molecule has 1 fully saturated rings. The van der Waals surface area contributed by atoms with Gasteiger partial charge in [-0.05, 0) is 25.0 Å². The molecule has 0 unspecified atom stereocenters. The Hall–Kier alpha value is -0.860. The molecule has 0 aliphatic carbocycles. The van der Waals surface area contributed by atoms with Crippen LogP contribution < -0.4 is 5.32 Å². The molecule has 94 valence electrons. The highest BCUT2D eigenvalue weighted by Crippen LogP contribution is 2.34. The van der Waals surface area contributed by atoms with E-state index in [1.54, 1.807) is 0 Å². The molecule has 0 amide bonds. The Morgan fingerprint density at radius 3 is 2.53 bits per heavy atom. The van der Waals surface area contributed by atoms with E-state index in [0.717, 1.165) is 19.8 Å². The third-order valence-corrected chi connectivity index (χ3v) is 3.57. The lowest BCUT2D eigenvalue weighted by Gasteiger charge is -2.43. The van der Waals surface area contributed by atoms with Gasteiger partial charge in [0.05, 0.1) is 18.6 Å². The highest BCUT2D eigenvalue weighted by Gasteiger charge is 2.41. The summed E-state index contributed by atoms with van der Waals surface area (Å²) < 4.78 is 5.48. The third-order valence-electron chi connectivity index (χ3n) is 3.57. The summed E-state index contributed by atoms with van der Waals surface area (Å²) in [6.45, 7) is 11.4. The first-order valence-corrected chi connectivity index (χ1v) is 6.42. The summed E-state index contributed by atoms with van der Waals surface area (Å²) in [5.74, 6) is 0. The van der Waals surface area contributed by atoms with Gasteiger partial charge in [-0.2, -0.15) is 0 Å². The highest BCUT2D eigenvalue weighted by molar-refractivity contribution is 5.38. The summed E-state index contributed by atoms with van der Waals surface area (Å²) in [5.41, 5.74) is 4.36. The van der Waals surface area contributed by atoms with E-state index in [4.69, 9.17) is 4.74 Å². The maximum absolute atomic E-state index is 5.48. The molecular formula is C15H23NO. The first-order valence-electron chi connectivity index (χ1n) is 6.42. The quantitative estimate of drug-likeness (QED) is 0.863. The average Bonchev–Trinajstić information content (AvgIpc) is 2.21. The number of ether oxygens (including phenoxy) is 1. The second-order valence-electron chi connectivity index (χ2n) is 5.63. The highest BCUT2D eigenvalue weighted by atomic mass is 16.5. The molecule has 1 heterocycles. The van der Waals surface area contributed by atoms with E-state index < -0.39 is 0 Å². The molecule has 1 N–H and O–H groups in total. The van der Waals surface area contributed by atoms with Crippen molar-refractivity contribution in [1.29, 1.82) is 0 Å². The maximum Gasteiger partial charge on any atom is 0.0598 e. The molecule has 1 aromatic rings. The van der Waals surface area contributed by atoms with Gasteiger partial charge in [0.2, 0.25) is 0 Å². The maximum atomic E-state index is 5.48. The van der Waals surface area contributed by atoms with Crippen LogP contribution in [-0.2, 0) is 10.2 Å². The van der Waals surface area contributed by atoms with Gasteiger partial charge in [-0.3, -0.25) is 0 Å². The molecule has 0 spiro atoms. The first-order chi connectivity index (χ1) is 8.03. The van der Waals surface area contributed by atoms with Crippen molar-refractivity contribution < 1.29 is 4.74 Å². The van der Waals surface area contributed by atoms with Gasteiger partial charge in [0, 0.05) is 12.6 Å². The average molecular weight is 233 g/mol. The van der Waals surface area contributed by atoms with Crippen molar-refractivity contribution in [3.05, 3.63) is 34.9 Å². The Morgan fingerprint density at radius 1 is 1.29 bits per heavy atom. The normalized spacial score (nSPS) is 18.2. The fraction of sp³-hybridized carbons (Fsp3) is 0.600. The van der Waals surface area contributed by atoms with E-state index in [9.17, 15) is 0 Å². The van der Waals surface area contributed by atoms with Crippen LogP contribution >= 0.6 is 0 Å². The van der Waals surface area contributed by atoms with Gasteiger partial charge < -0.3 is 10.1 Å². The summed E-state index contributed by atoms with van der Waals surface area (Å²) in [5, 5.41) is 3.55. The van der Waals surface area contributed by atoms with Crippen LogP contribution in [0.1, 0.15) is 30.5 Å². The summed E-state index contributed by atoms with van der Waals surface area (Å²) in [6.07, 6.45) is 0. The minimum atomic E-state index is 0.195. The Bertz CT molecular complexity index is 394. The fourth-order valence-electron chi connectivity index (χ4n) is 2.41. The summed E-state index contributed by atoms with van der Waals surface area (Å²) in [4.78, 5) is 0. The van der Waals surface area contributed by atoms with Gasteiger partial charge in [0.15, 0.2) is 0 Å². The van der Waals surface area contributed by atoms with Crippen molar-refractivity contribution in [2.45, 2.75) is 39.2 Å². The Kier molecular flexibility index (Phi) is 3.55. The summed E-state index contributed by atoms with van der Waals surface area (Å²) in [7, 11) is 0. The van der Waals surface area contributed by atoms with Crippen molar-refractivity contribution in [2.75, 3.05) is 19.8 Å². The van der Waals surface area contributed by atoms with E-state index in [2.05, 4.69) is 51.2 Å². The molecule has 1 aromatic carbocycles. The minimum absolute atomic E-state index is 0.195. The standard InChI is InChI=1S/C15H23NO/c1-11(2)16-8-15(9-17-10-15)14-7-12(3)5-6-13(14)4/h5-7,11,16H,8-10H2,1-4H3. The Labute approximate surface area is 104 Å². The van der Waals surface area contributed by atoms with E-state index in [0.29, 0.717) is 6.04 Å². The van der Waals surface area contributed by atoms with Crippen molar-refractivity contribution in [2.24, 2.45) is 0 Å². The van der Waals surface area contributed by atoms with Crippen LogP contribution in [0.2, 0.25) is 0 Å². The first kappa shape index (κ1) is 12.6. The van der Waals surface area contributed by atoms with Gasteiger partial charge >= 0.3 is 0 Å². The number of nitrogens with one attached hydrogen (secondary N) is 1. The lowest BCUT2D eigenvalue weighted by Crippen LogP contribution is -2.54. The largest absolute Gasteiger partial charge is 0.379 e. The predicted molar refractivity (Wildman–Crippen MR) is 71.6 cm³/mol. The molecule has 1 saturated heterocycles. The van der Waals surface area contributed by atoms with E-state index >= 15 is 0 Å². The van der Waals surface area contributed by atoms with E-state index in [1.807, 2.05) is 0 Å². The second-order valence-corrected chi connectivity index (χ2v) is 5.63. The van der Waals surface area contributed by atoms with Crippen molar-refractivity contribution in [3.63, 3.8) is 0 Å². The van der Waals surface area contributed by atoms with Gasteiger partial charge in [-0.15, -0.1) is 0 Å². The Balaban J connectivity index is 2.24. The van der Waals surface area contributed by atoms with Crippen LogP contribution in [0.25, 0.3) is 0 Å². The molecule has 0 bridgehead atoms. The molecule has 0 aromatic heterocycles. The summed E-state index contributed by atoms with van der Waals surface area (Å²) in [6, 6.07) is 7.25. The van der Waals surface area contributed by atoms with Gasteiger partial charge in [0.25, 0.3) is 0 Å². The molecule has 1 aliphatic rings. The molecule has 2 nitrogen and oxygen atoms in total. The number of aryl methyl sites for hydroxylation is 2. The van der Waals surface area contributed by atoms with Crippen LogP contribution in [-0.4, -0.2) is 25.8 Å². The van der Waals surface area contributed by atoms with Gasteiger partial charge in [-0.25, -0.2) is 0 Å². The fourth-order valence-corrected chi connectivity index (χ4v) is 2.41. The number of benzene rings is 1. The summed E-state index contributed by atoms with van der Waals surface area (Å²) >= 11 is 0. The smallest absolute Gasteiger partial charge is 0.0598 e. The van der Waals surface area contributed by atoms with E-state index in [-0.39, 0.29) is 5.41 Å². The zero-order valence-corrected chi connectivity index (χ0v) is 11.3. The third kappa shape index (κ3) is 2.53. The van der Waals surface area contributed by atoms with Crippen molar-refractivity contribution in [1.82, 2.24) is 5.32 Å². The minimum Gasteiger partial charge on any atom is -0.379 e. The monoisotopic (exact) mass is 233 g/mol. The Morgan fingerprint density at radius 2 is 2.00 bits per heavy atom. The predicted octanol–water partition coefficient (Wildman–Crippen LogP) is 2.57. The van der Waals surface area contributed by atoms with Gasteiger partial charge in [-0.1, -0.05) is 37.6 Å². The van der Waals surface area contributed by atoms with Crippen LogP contribution in [0.4, 0.5) is 0 Å². The van der Waals surface area contributed by atoms with E-state index in [1.165, 1.54) is 16.7 Å². The second kappa shape index (κ2) is 4.79. The molecule has 2 heteroatoms. The van der Waals surface area contributed by atoms with Crippen LogP contribution in [0, 0.1) is 13.8 Å². The topological polar surface area (TPSA) is 21.3 Å². The molecule has 2 rings (SSSR count). The molecule has 17 heavy (non-hydrogen) atoms. The van der Waals surface area contributed by atoms with Crippen LogP contribution in [0.5, 0.6) is 0 Å². The zero-order valence-electron chi connectivity index (χ0n) is 11.3. The lowest BCUT2D eigenvalue weighted by atomic mass is 9.76. The molecule has 0 atom stereocenters.